The minimum Gasteiger partial charge on any atom is -0.344 e. The van der Waals surface area contributed by atoms with Crippen molar-refractivity contribution in [3.63, 3.8) is 0 Å². The predicted molar refractivity (Wildman–Crippen MR) is 189 cm³/mol. The number of piperazine rings is 1. The number of hydrogen-bond donors (Lipinski definition) is 4. The van der Waals surface area contributed by atoms with Crippen LogP contribution in [0.2, 0.25) is 0 Å². The van der Waals surface area contributed by atoms with E-state index in [4.69, 9.17) is 0 Å². The highest BCUT2D eigenvalue weighted by Gasteiger charge is 2.36. The van der Waals surface area contributed by atoms with Crippen molar-refractivity contribution in [2.45, 2.75) is 70.4 Å². The van der Waals surface area contributed by atoms with Gasteiger partial charge in [-0.3, -0.25) is 23.9 Å². The summed E-state index contributed by atoms with van der Waals surface area (Å²) in [5.74, 6) is -1.28. The van der Waals surface area contributed by atoms with Gasteiger partial charge in [-0.25, -0.2) is 0 Å². The van der Waals surface area contributed by atoms with Crippen LogP contribution >= 0.6 is 12.4 Å². The number of aromatic nitrogens is 2. The smallest absolute Gasteiger partial charge is 0.245 e. The van der Waals surface area contributed by atoms with E-state index < -0.39 is 12.0 Å². The molecule has 1 saturated heterocycles. The minimum atomic E-state index is -0.833. The van der Waals surface area contributed by atoms with Gasteiger partial charge in [0.25, 0.3) is 0 Å². The molecule has 2 fully saturated rings. The molecule has 1 saturated carbocycles. The molecule has 12 heteroatoms. The standard InChI is InChI=1S/C36H47N7O4.ClH/c1-3-32(44)40-30(36(47)43-21-20-37-29(24-43)22-25-10-6-4-7-11-25)23-26-14-16-28(17-15-26)39-34(45)33(27-12-8-5-9-13-27)35(46)41-31-18-19-38-42(31)2;/h4,6-7,10-11,14-19,27,29-30,33,37H,3,5,8-9,12-13,20-24H2,1-2H3,(H,39,45)(H,40,44)(H,41,46);1H/t29-,30-,33+;/m1./s1. The molecular weight excluding hydrogens is 630 g/mol. The van der Waals surface area contributed by atoms with Gasteiger partial charge >= 0.3 is 0 Å². The second-order valence-electron chi connectivity index (χ2n) is 12.7. The van der Waals surface area contributed by atoms with E-state index >= 15 is 0 Å². The van der Waals surface area contributed by atoms with Gasteiger partial charge in [0.2, 0.25) is 23.6 Å². The van der Waals surface area contributed by atoms with E-state index in [2.05, 4.69) is 38.5 Å². The fraction of sp³-hybridized carbons (Fsp3) is 0.472. The maximum Gasteiger partial charge on any atom is 0.245 e. The first-order chi connectivity index (χ1) is 22.8. The van der Waals surface area contributed by atoms with Crippen molar-refractivity contribution in [1.82, 2.24) is 25.3 Å². The van der Waals surface area contributed by atoms with Crippen LogP contribution in [0.5, 0.6) is 0 Å². The summed E-state index contributed by atoms with van der Waals surface area (Å²) in [6, 6.07) is 18.6. The SMILES string of the molecule is CCC(=O)N[C@H](Cc1ccc(NC(=O)[C@@H](C(=O)Nc2ccnn2C)C2CCCCC2)cc1)C(=O)N1CCN[C@H](Cc2ccccc2)C1.Cl. The van der Waals surface area contributed by atoms with E-state index in [1.54, 1.807) is 43.0 Å². The Balaban J connectivity index is 0.00000520. The maximum atomic E-state index is 13.8. The number of hydrogen-bond acceptors (Lipinski definition) is 6. The molecule has 1 aliphatic carbocycles. The third-order valence-corrected chi connectivity index (χ3v) is 9.27. The van der Waals surface area contributed by atoms with Crippen LogP contribution in [0, 0.1) is 11.8 Å². The molecule has 2 aromatic carbocycles. The first-order valence-corrected chi connectivity index (χ1v) is 16.8. The van der Waals surface area contributed by atoms with Crippen molar-refractivity contribution >= 4 is 47.5 Å². The third kappa shape index (κ3) is 9.90. The maximum absolute atomic E-state index is 13.8. The van der Waals surface area contributed by atoms with Gasteiger partial charge in [-0.05, 0) is 48.4 Å². The van der Waals surface area contributed by atoms with E-state index in [0.717, 1.165) is 44.1 Å². The summed E-state index contributed by atoms with van der Waals surface area (Å²) in [6.07, 6.45) is 7.79. The Morgan fingerprint density at radius 2 is 1.62 bits per heavy atom. The molecule has 48 heavy (non-hydrogen) atoms. The Kier molecular flexibility index (Phi) is 13.6. The normalized spacial score (nSPS) is 17.8. The summed E-state index contributed by atoms with van der Waals surface area (Å²) in [6.45, 7) is 3.60. The van der Waals surface area contributed by atoms with Gasteiger partial charge in [-0.2, -0.15) is 5.10 Å². The molecule has 4 amide bonds. The molecule has 2 aliphatic rings. The van der Waals surface area contributed by atoms with Gasteiger partial charge in [0, 0.05) is 57.3 Å². The Bertz CT molecular complexity index is 1510. The molecule has 258 valence electrons. The molecule has 5 rings (SSSR count). The highest BCUT2D eigenvalue weighted by Crippen LogP contribution is 2.32. The fourth-order valence-electron chi connectivity index (χ4n) is 6.67. The van der Waals surface area contributed by atoms with Gasteiger partial charge in [-0.15, -0.1) is 12.4 Å². The minimum absolute atomic E-state index is 0. The van der Waals surface area contributed by atoms with Crippen molar-refractivity contribution in [2.75, 3.05) is 30.3 Å². The second kappa shape index (κ2) is 17.8. The Hall–Kier alpha value is -4.22. The number of nitrogens with zero attached hydrogens (tertiary/aromatic N) is 3. The Morgan fingerprint density at radius 1 is 0.917 bits per heavy atom. The quantitative estimate of drug-likeness (QED) is 0.213. The molecule has 3 atom stereocenters. The lowest BCUT2D eigenvalue weighted by Crippen LogP contribution is -2.58. The lowest BCUT2D eigenvalue weighted by Gasteiger charge is -2.36. The summed E-state index contributed by atoms with van der Waals surface area (Å²) in [4.78, 5) is 55.1. The average molecular weight is 678 g/mol. The van der Waals surface area contributed by atoms with Gasteiger partial charge < -0.3 is 26.2 Å². The van der Waals surface area contributed by atoms with Crippen LogP contribution in [0.15, 0.2) is 66.9 Å². The van der Waals surface area contributed by atoms with Crippen LogP contribution in [0.25, 0.3) is 0 Å². The Morgan fingerprint density at radius 3 is 2.29 bits per heavy atom. The summed E-state index contributed by atoms with van der Waals surface area (Å²) in [5.41, 5.74) is 2.63. The number of amides is 4. The number of rotatable bonds is 12. The lowest BCUT2D eigenvalue weighted by molar-refractivity contribution is -0.137. The van der Waals surface area contributed by atoms with Crippen LogP contribution < -0.4 is 21.3 Å². The number of anilines is 2. The monoisotopic (exact) mass is 677 g/mol. The number of aryl methyl sites for hydroxylation is 1. The molecule has 0 spiro atoms. The molecule has 1 aromatic heterocycles. The van der Waals surface area contributed by atoms with E-state index in [9.17, 15) is 19.2 Å². The van der Waals surface area contributed by atoms with E-state index in [1.165, 1.54) is 5.56 Å². The van der Waals surface area contributed by atoms with Gasteiger partial charge in [0.05, 0.1) is 6.20 Å². The van der Waals surface area contributed by atoms with Crippen LogP contribution in [0.4, 0.5) is 11.5 Å². The van der Waals surface area contributed by atoms with Crippen molar-refractivity contribution in [3.05, 3.63) is 78.0 Å². The predicted octanol–water partition coefficient (Wildman–Crippen LogP) is 4.10. The highest BCUT2D eigenvalue weighted by molar-refractivity contribution is 6.10. The number of halogens is 1. The van der Waals surface area contributed by atoms with Gasteiger partial charge in [0.15, 0.2) is 0 Å². The molecule has 0 bridgehead atoms. The second-order valence-corrected chi connectivity index (χ2v) is 12.7. The van der Waals surface area contributed by atoms with E-state index in [1.807, 2.05) is 35.2 Å². The molecule has 0 radical (unpaired) electrons. The zero-order valence-electron chi connectivity index (χ0n) is 27.8. The zero-order valence-corrected chi connectivity index (χ0v) is 28.6. The summed E-state index contributed by atoms with van der Waals surface area (Å²) >= 11 is 0. The molecular formula is C36H48ClN7O4. The molecule has 0 unspecified atom stereocenters. The molecule has 4 N–H and O–H groups in total. The topological polar surface area (TPSA) is 137 Å². The first kappa shape index (κ1) is 36.6. The van der Waals surface area contributed by atoms with Crippen molar-refractivity contribution in [3.8, 4) is 0 Å². The molecule has 3 aromatic rings. The van der Waals surface area contributed by atoms with Crippen molar-refractivity contribution in [2.24, 2.45) is 18.9 Å². The Labute approximate surface area is 289 Å². The van der Waals surface area contributed by atoms with Gasteiger partial charge in [0.1, 0.15) is 17.8 Å². The van der Waals surface area contributed by atoms with Crippen molar-refractivity contribution in [1.29, 1.82) is 0 Å². The average Bonchev–Trinajstić information content (AvgIpc) is 3.49. The largest absolute Gasteiger partial charge is 0.344 e. The zero-order chi connectivity index (χ0) is 33.2. The third-order valence-electron chi connectivity index (χ3n) is 9.27. The van der Waals surface area contributed by atoms with Crippen LogP contribution in [-0.4, -0.2) is 70.0 Å². The van der Waals surface area contributed by atoms with E-state index in [0.29, 0.717) is 37.6 Å². The van der Waals surface area contributed by atoms with E-state index in [-0.39, 0.29) is 54.4 Å². The molecule has 2 heterocycles. The summed E-state index contributed by atoms with van der Waals surface area (Å²) < 4.78 is 1.57. The van der Waals surface area contributed by atoms with Crippen LogP contribution in [-0.2, 0) is 39.1 Å². The lowest BCUT2D eigenvalue weighted by atomic mass is 9.79. The fourth-order valence-corrected chi connectivity index (χ4v) is 6.67. The number of benzene rings is 2. The summed E-state index contributed by atoms with van der Waals surface area (Å²) in [5, 5.41) is 16.4. The molecule has 1 aliphatic heterocycles. The van der Waals surface area contributed by atoms with Crippen molar-refractivity contribution < 1.29 is 19.2 Å². The highest BCUT2D eigenvalue weighted by atomic mass is 35.5. The van der Waals surface area contributed by atoms with Gasteiger partial charge in [-0.1, -0.05) is 68.7 Å². The molecule has 11 nitrogen and oxygen atoms in total. The summed E-state index contributed by atoms with van der Waals surface area (Å²) in [7, 11) is 1.74. The first-order valence-electron chi connectivity index (χ1n) is 16.8. The number of carbonyl (C=O) groups is 4. The van der Waals surface area contributed by atoms with Crippen LogP contribution in [0.3, 0.4) is 0 Å². The van der Waals surface area contributed by atoms with Crippen LogP contribution in [0.1, 0.15) is 56.6 Å². The number of nitrogens with one attached hydrogen (secondary N) is 4. The number of carbonyl (C=O) groups excluding carboxylic acids is 4.